The smallest absolute Gasteiger partial charge is 0.220 e. The van der Waals surface area contributed by atoms with Gasteiger partial charge in [-0.05, 0) is 70.6 Å². The molecule has 14 nitrogen and oxygen atoms in total. The zero-order valence-corrected chi connectivity index (χ0v) is 50.3. The molecule has 0 bridgehead atoms. The van der Waals surface area contributed by atoms with Crippen LogP contribution in [0.25, 0.3) is 0 Å². The van der Waals surface area contributed by atoms with E-state index in [9.17, 15) is 45.6 Å². The van der Waals surface area contributed by atoms with E-state index in [1.165, 1.54) is 180 Å². The van der Waals surface area contributed by atoms with E-state index in [2.05, 4.69) is 67.8 Å². The average Bonchev–Trinajstić information content (AvgIpc) is 3.49. The Kier molecular flexibility index (Phi) is 47.2. The van der Waals surface area contributed by atoms with Crippen molar-refractivity contribution in [3.05, 3.63) is 60.8 Å². The molecule has 2 aliphatic rings. The van der Waals surface area contributed by atoms with Gasteiger partial charge in [0, 0.05) is 6.42 Å². The summed E-state index contributed by atoms with van der Waals surface area (Å²) < 4.78 is 22.8. The van der Waals surface area contributed by atoms with Gasteiger partial charge in [0.25, 0.3) is 0 Å². The molecule has 1 amide bonds. The number of rotatable bonds is 52. The maximum absolute atomic E-state index is 13.3. The normalized spacial score (nSPS) is 24.6. The molecule has 2 aliphatic heterocycles. The second-order valence-electron chi connectivity index (χ2n) is 22.9. The van der Waals surface area contributed by atoms with Crippen molar-refractivity contribution < 1.29 is 64.6 Å². The Bertz CT molecular complexity index is 1570. The predicted molar refractivity (Wildman–Crippen MR) is 323 cm³/mol. The monoisotopic (exact) mass is 1130 g/mol. The summed E-state index contributed by atoms with van der Waals surface area (Å²) in [6, 6.07) is -0.931. The van der Waals surface area contributed by atoms with Gasteiger partial charge in [0.05, 0.1) is 32.0 Å². The molecule has 0 saturated carbocycles. The Hall–Kier alpha value is -2.31. The molecule has 2 heterocycles. The molecule has 0 aliphatic carbocycles. The van der Waals surface area contributed by atoms with Gasteiger partial charge in [-0.25, -0.2) is 0 Å². The standard InChI is InChI=1S/C66H119NO13/c1-3-5-7-9-11-13-15-17-18-19-20-21-22-23-24-25-26-27-28-29-30-31-32-33-34-35-36-38-40-42-44-46-48-50-58(71)67-54(55(70)49-47-45-43-41-39-37-16-14-12-10-8-6-4-2)53-77-65-63(76)61(74)64(57(52-69)79-65)80-66-62(75)60(73)59(72)56(51-68)78-66/h15,17,19-20,22-23,39,41,47,49,54-57,59-66,68-70,72-76H,3-14,16,18,21,24-38,40,42-46,48,50-53H2,1-2H3,(H,67,71)/b17-15-,20-19-,23-22-,41-39+,49-47+. The van der Waals surface area contributed by atoms with Crippen LogP contribution in [-0.4, -0.2) is 140 Å². The molecule has 0 spiro atoms. The number of hydrogen-bond acceptors (Lipinski definition) is 13. The number of allylic oxidation sites excluding steroid dienone is 9. The molecule has 0 aromatic rings. The van der Waals surface area contributed by atoms with Crippen molar-refractivity contribution in [3.63, 3.8) is 0 Å². The maximum Gasteiger partial charge on any atom is 0.220 e. The third-order valence-electron chi connectivity index (χ3n) is 15.7. The highest BCUT2D eigenvalue weighted by Gasteiger charge is 2.51. The van der Waals surface area contributed by atoms with Crippen LogP contribution in [0, 0.1) is 0 Å². The van der Waals surface area contributed by atoms with Crippen molar-refractivity contribution in [2.24, 2.45) is 0 Å². The van der Waals surface area contributed by atoms with Crippen molar-refractivity contribution >= 4 is 5.91 Å². The first-order chi connectivity index (χ1) is 39.1. The van der Waals surface area contributed by atoms with Crippen LogP contribution in [0.2, 0.25) is 0 Å². The zero-order valence-electron chi connectivity index (χ0n) is 50.3. The van der Waals surface area contributed by atoms with Crippen LogP contribution in [0.5, 0.6) is 0 Å². The van der Waals surface area contributed by atoms with E-state index in [1.54, 1.807) is 6.08 Å². The minimum absolute atomic E-state index is 0.249. The van der Waals surface area contributed by atoms with Crippen molar-refractivity contribution in [2.75, 3.05) is 19.8 Å². The minimum Gasteiger partial charge on any atom is -0.394 e. The molecule has 466 valence electrons. The van der Waals surface area contributed by atoms with Crippen LogP contribution < -0.4 is 5.32 Å². The summed E-state index contributed by atoms with van der Waals surface area (Å²) in [5.74, 6) is -0.249. The van der Waals surface area contributed by atoms with Crippen LogP contribution >= 0.6 is 0 Å². The van der Waals surface area contributed by atoms with Gasteiger partial charge in [0.15, 0.2) is 12.6 Å². The fourth-order valence-corrected chi connectivity index (χ4v) is 10.4. The molecule has 80 heavy (non-hydrogen) atoms. The fraction of sp³-hybridized carbons (Fsp3) is 0.833. The van der Waals surface area contributed by atoms with Gasteiger partial charge in [-0.2, -0.15) is 0 Å². The topological polar surface area (TPSA) is 228 Å². The maximum atomic E-state index is 13.3. The van der Waals surface area contributed by atoms with Crippen LogP contribution in [0.4, 0.5) is 0 Å². The van der Waals surface area contributed by atoms with Gasteiger partial charge in [-0.3, -0.25) is 4.79 Å². The van der Waals surface area contributed by atoms with Crippen molar-refractivity contribution in [1.29, 1.82) is 0 Å². The summed E-state index contributed by atoms with van der Waals surface area (Å²) >= 11 is 0. The second kappa shape index (κ2) is 51.1. The van der Waals surface area contributed by atoms with Gasteiger partial charge in [-0.1, -0.05) is 242 Å². The third kappa shape index (κ3) is 35.7. The van der Waals surface area contributed by atoms with E-state index in [4.69, 9.17) is 18.9 Å². The molecule has 0 aromatic carbocycles. The highest BCUT2D eigenvalue weighted by atomic mass is 16.7. The van der Waals surface area contributed by atoms with Crippen molar-refractivity contribution in [3.8, 4) is 0 Å². The first kappa shape index (κ1) is 73.8. The van der Waals surface area contributed by atoms with Gasteiger partial charge in [0.2, 0.25) is 5.91 Å². The Balaban J connectivity index is 1.63. The molecule has 14 heteroatoms. The predicted octanol–water partition coefficient (Wildman–Crippen LogP) is 12.1. The van der Waals surface area contributed by atoms with Gasteiger partial charge in [-0.15, -0.1) is 0 Å². The number of amides is 1. The fourth-order valence-electron chi connectivity index (χ4n) is 10.4. The zero-order chi connectivity index (χ0) is 58.1. The lowest BCUT2D eigenvalue weighted by Gasteiger charge is -2.46. The SMILES string of the molecule is CCCCCCC/C=C\C/C=C\C/C=C\CCCCCCCCCCCCCCCCCCCCC(=O)NC(COC1OC(CO)C(OC2OC(CO)C(O)C(O)C2O)C(O)C1O)C(O)/C=C/CC/C=C/CCCCCCCCC. The molecule has 0 radical (unpaired) electrons. The molecule has 2 rings (SSSR count). The van der Waals surface area contributed by atoms with Crippen LogP contribution in [0.1, 0.15) is 258 Å². The van der Waals surface area contributed by atoms with E-state index in [1.807, 2.05) is 6.08 Å². The number of unbranched alkanes of at least 4 members (excludes halogenated alkanes) is 31. The molecular weight excluding hydrogens is 1010 g/mol. The van der Waals surface area contributed by atoms with Crippen molar-refractivity contribution in [1.82, 2.24) is 5.32 Å². The number of nitrogens with one attached hydrogen (secondary N) is 1. The Morgan fingerprint density at radius 1 is 0.450 bits per heavy atom. The highest BCUT2D eigenvalue weighted by molar-refractivity contribution is 5.76. The Labute approximate surface area is 486 Å². The Morgan fingerprint density at radius 3 is 1.31 bits per heavy atom. The lowest BCUT2D eigenvalue weighted by molar-refractivity contribution is -0.359. The number of carbonyl (C=O) groups is 1. The first-order valence-electron chi connectivity index (χ1n) is 32.5. The molecule has 2 fully saturated rings. The van der Waals surface area contributed by atoms with E-state index in [-0.39, 0.29) is 18.9 Å². The third-order valence-corrected chi connectivity index (χ3v) is 15.7. The van der Waals surface area contributed by atoms with Gasteiger partial charge in [0.1, 0.15) is 48.8 Å². The van der Waals surface area contributed by atoms with E-state index < -0.39 is 86.8 Å². The summed E-state index contributed by atoms with van der Waals surface area (Å²) in [6.45, 7) is 2.76. The van der Waals surface area contributed by atoms with Gasteiger partial charge >= 0.3 is 0 Å². The molecule has 0 aromatic heterocycles. The molecule has 9 N–H and O–H groups in total. The second-order valence-corrected chi connectivity index (χ2v) is 22.9. The molecule has 12 atom stereocenters. The van der Waals surface area contributed by atoms with E-state index in [0.29, 0.717) is 12.8 Å². The quantitative estimate of drug-likeness (QED) is 0.0204. The number of aliphatic hydroxyl groups excluding tert-OH is 8. The van der Waals surface area contributed by atoms with E-state index in [0.717, 1.165) is 44.9 Å². The largest absolute Gasteiger partial charge is 0.394 e. The minimum atomic E-state index is -1.79. The number of hydrogen-bond donors (Lipinski definition) is 9. The van der Waals surface area contributed by atoms with Crippen LogP contribution in [0.3, 0.4) is 0 Å². The number of aliphatic hydroxyl groups is 8. The van der Waals surface area contributed by atoms with Crippen LogP contribution in [0.15, 0.2) is 60.8 Å². The first-order valence-corrected chi connectivity index (χ1v) is 32.5. The lowest BCUT2D eigenvalue weighted by atomic mass is 9.97. The summed E-state index contributed by atoms with van der Waals surface area (Å²) in [6.07, 6.45) is 50.0. The van der Waals surface area contributed by atoms with Gasteiger partial charge < -0.3 is 65.1 Å². The molecule has 12 unspecified atom stereocenters. The van der Waals surface area contributed by atoms with Crippen LogP contribution in [-0.2, 0) is 23.7 Å². The van der Waals surface area contributed by atoms with E-state index >= 15 is 0 Å². The number of ether oxygens (including phenoxy) is 4. The lowest BCUT2D eigenvalue weighted by Crippen LogP contribution is -2.65. The number of carbonyl (C=O) groups excluding carboxylic acids is 1. The average molecular weight is 1130 g/mol. The summed E-state index contributed by atoms with van der Waals surface area (Å²) in [5, 5.41) is 87.1. The highest BCUT2D eigenvalue weighted by Crippen LogP contribution is 2.30. The Morgan fingerprint density at radius 2 is 0.838 bits per heavy atom. The van der Waals surface area contributed by atoms with Crippen molar-refractivity contribution in [2.45, 2.75) is 331 Å². The molecular formula is C66H119NO13. The summed E-state index contributed by atoms with van der Waals surface area (Å²) in [4.78, 5) is 13.3. The summed E-state index contributed by atoms with van der Waals surface area (Å²) in [7, 11) is 0. The summed E-state index contributed by atoms with van der Waals surface area (Å²) in [5.41, 5.74) is 0. The molecule has 2 saturated heterocycles.